The molecule has 1 aromatic heterocycles. The normalized spacial score (nSPS) is 11.7. The van der Waals surface area contributed by atoms with Gasteiger partial charge in [-0.15, -0.1) is 0 Å². The Hall–Kier alpha value is -3.15. The second kappa shape index (κ2) is 8.10. The second-order valence-corrected chi connectivity index (χ2v) is 5.76. The van der Waals surface area contributed by atoms with Crippen LogP contribution in [0.4, 0.5) is 0 Å². The maximum atomic E-state index is 12.6. The van der Waals surface area contributed by atoms with Crippen molar-refractivity contribution in [2.24, 2.45) is 0 Å². The number of nitrogens with zero attached hydrogens (tertiary/aromatic N) is 3. The van der Waals surface area contributed by atoms with Gasteiger partial charge in [-0.3, -0.25) is 9.48 Å². The molecular formula is C19H20N4O2. The molecule has 0 spiro atoms. The second-order valence-electron chi connectivity index (χ2n) is 5.76. The summed E-state index contributed by atoms with van der Waals surface area (Å²) in [5.74, 6) is 0.396. The zero-order valence-electron chi connectivity index (χ0n) is 14.0. The lowest BCUT2D eigenvalue weighted by molar-refractivity contribution is 0.0931. The first-order valence-corrected chi connectivity index (χ1v) is 8.11. The number of benzene rings is 2. The van der Waals surface area contributed by atoms with Crippen molar-refractivity contribution in [2.75, 3.05) is 0 Å². The summed E-state index contributed by atoms with van der Waals surface area (Å²) in [6, 6.07) is 17.0. The zero-order valence-corrected chi connectivity index (χ0v) is 14.0. The molecule has 1 N–H and O–H groups in total. The number of nitrogens with one attached hydrogen (secondary N) is 1. The van der Waals surface area contributed by atoms with Crippen molar-refractivity contribution in [3.05, 3.63) is 78.4 Å². The van der Waals surface area contributed by atoms with E-state index in [0.717, 1.165) is 5.56 Å². The first kappa shape index (κ1) is 16.7. The van der Waals surface area contributed by atoms with Gasteiger partial charge in [0, 0.05) is 6.04 Å². The van der Waals surface area contributed by atoms with Crippen LogP contribution in [0.3, 0.4) is 0 Å². The summed E-state index contributed by atoms with van der Waals surface area (Å²) in [6.07, 6.45) is 3.10. The van der Waals surface area contributed by atoms with E-state index in [1.165, 1.54) is 6.33 Å². The quantitative estimate of drug-likeness (QED) is 0.720. The van der Waals surface area contributed by atoms with Gasteiger partial charge in [0.15, 0.2) is 0 Å². The first-order valence-electron chi connectivity index (χ1n) is 8.11. The summed E-state index contributed by atoms with van der Waals surface area (Å²) in [5, 5.41) is 7.01. The lowest BCUT2D eigenvalue weighted by Crippen LogP contribution is -2.36. The van der Waals surface area contributed by atoms with E-state index in [-0.39, 0.29) is 11.9 Å². The van der Waals surface area contributed by atoms with Crippen molar-refractivity contribution < 1.29 is 9.53 Å². The lowest BCUT2D eigenvalue weighted by Gasteiger charge is -2.16. The molecule has 0 saturated heterocycles. The molecule has 1 unspecified atom stereocenters. The zero-order chi connectivity index (χ0) is 17.5. The molecule has 0 saturated carbocycles. The highest BCUT2D eigenvalue weighted by Crippen LogP contribution is 2.19. The van der Waals surface area contributed by atoms with Crippen LogP contribution >= 0.6 is 0 Å². The highest BCUT2D eigenvalue weighted by Gasteiger charge is 2.15. The predicted molar refractivity (Wildman–Crippen MR) is 94.2 cm³/mol. The number of carbonyl (C=O) groups excluding carboxylic acids is 1. The molecule has 0 radical (unpaired) electrons. The van der Waals surface area contributed by atoms with Gasteiger partial charge < -0.3 is 10.1 Å². The third kappa shape index (κ3) is 4.67. The summed E-state index contributed by atoms with van der Waals surface area (Å²) in [7, 11) is 0. The average molecular weight is 336 g/mol. The Morgan fingerprint density at radius 3 is 2.68 bits per heavy atom. The van der Waals surface area contributed by atoms with Crippen molar-refractivity contribution in [3.63, 3.8) is 0 Å². The molecule has 25 heavy (non-hydrogen) atoms. The van der Waals surface area contributed by atoms with E-state index < -0.39 is 0 Å². The molecule has 0 bridgehead atoms. The van der Waals surface area contributed by atoms with Crippen LogP contribution in [-0.2, 0) is 13.2 Å². The minimum absolute atomic E-state index is 0.0867. The Balaban J connectivity index is 1.64. The Morgan fingerprint density at radius 2 is 1.92 bits per heavy atom. The smallest absolute Gasteiger partial charge is 0.255 e. The Kier molecular flexibility index (Phi) is 5.41. The number of amides is 1. The molecule has 0 aliphatic rings. The van der Waals surface area contributed by atoms with Gasteiger partial charge in [-0.25, -0.2) is 4.98 Å². The standard InChI is InChI=1S/C19H20N4O2/c1-15(11-23-14-20-13-21-23)22-19(24)17-9-5-6-10-18(17)25-12-16-7-3-2-4-8-16/h2-10,13-15H,11-12H2,1H3,(H,22,24). The Morgan fingerprint density at radius 1 is 1.16 bits per heavy atom. The molecule has 3 rings (SSSR count). The fourth-order valence-electron chi connectivity index (χ4n) is 2.47. The van der Waals surface area contributed by atoms with Gasteiger partial charge in [-0.2, -0.15) is 5.10 Å². The minimum atomic E-state index is -0.170. The summed E-state index contributed by atoms with van der Waals surface area (Å²) < 4.78 is 7.53. The van der Waals surface area contributed by atoms with E-state index in [4.69, 9.17) is 4.74 Å². The van der Waals surface area contributed by atoms with Crippen LogP contribution in [0.25, 0.3) is 0 Å². The van der Waals surface area contributed by atoms with E-state index >= 15 is 0 Å². The number of hydrogen-bond acceptors (Lipinski definition) is 4. The van der Waals surface area contributed by atoms with Crippen molar-refractivity contribution in [1.29, 1.82) is 0 Å². The fourth-order valence-corrected chi connectivity index (χ4v) is 2.47. The number of aromatic nitrogens is 3. The van der Waals surface area contributed by atoms with Gasteiger partial charge in [0.1, 0.15) is 25.0 Å². The number of ether oxygens (including phenoxy) is 1. The lowest BCUT2D eigenvalue weighted by atomic mass is 10.1. The molecule has 128 valence electrons. The van der Waals surface area contributed by atoms with Gasteiger partial charge in [0.2, 0.25) is 0 Å². The number of hydrogen-bond donors (Lipinski definition) is 1. The van der Waals surface area contributed by atoms with Crippen LogP contribution in [-0.4, -0.2) is 26.7 Å². The average Bonchev–Trinajstić information content (AvgIpc) is 3.14. The number of rotatable bonds is 7. The molecule has 3 aromatic rings. The monoisotopic (exact) mass is 336 g/mol. The predicted octanol–water partition coefficient (Wildman–Crippen LogP) is 2.68. The number of para-hydroxylation sites is 1. The van der Waals surface area contributed by atoms with Crippen molar-refractivity contribution >= 4 is 5.91 Å². The Labute approximate surface area is 146 Å². The van der Waals surface area contributed by atoms with Crippen molar-refractivity contribution in [2.45, 2.75) is 26.1 Å². The van der Waals surface area contributed by atoms with Crippen LogP contribution in [0, 0.1) is 0 Å². The summed E-state index contributed by atoms with van der Waals surface area (Å²) in [5.41, 5.74) is 1.57. The van der Waals surface area contributed by atoms with Crippen molar-refractivity contribution in [1.82, 2.24) is 20.1 Å². The first-order chi connectivity index (χ1) is 12.2. The molecule has 0 aliphatic heterocycles. The summed E-state index contributed by atoms with van der Waals surface area (Å²) >= 11 is 0. The van der Waals surface area contributed by atoms with Crippen LogP contribution in [0.5, 0.6) is 5.75 Å². The van der Waals surface area contributed by atoms with Gasteiger partial charge in [0.05, 0.1) is 12.1 Å². The molecule has 0 aliphatic carbocycles. The SMILES string of the molecule is CC(Cn1cncn1)NC(=O)c1ccccc1OCc1ccccc1. The Bertz CT molecular complexity index is 803. The maximum Gasteiger partial charge on any atom is 0.255 e. The van der Waals surface area contributed by atoms with E-state index in [2.05, 4.69) is 15.4 Å². The molecular weight excluding hydrogens is 316 g/mol. The molecule has 1 atom stereocenters. The molecule has 6 nitrogen and oxygen atoms in total. The van der Waals surface area contributed by atoms with Gasteiger partial charge in [0.25, 0.3) is 5.91 Å². The molecule has 0 fully saturated rings. The van der Waals surface area contributed by atoms with E-state index in [1.807, 2.05) is 49.4 Å². The van der Waals surface area contributed by atoms with Crippen LogP contribution < -0.4 is 10.1 Å². The third-order valence-electron chi connectivity index (χ3n) is 3.67. The van der Waals surface area contributed by atoms with Gasteiger partial charge in [-0.1, -0.05) is 42.5 Å². The topological polar surface area (TPSA) is 69.0 Å². The minimum Gasteiger partial charge on any atom is -0.488 e. The van der Waals surface area contributed by atoms with Gasteiger partial charge in [-0.05, 0) is 24.6 Å². The molecule has 1 heterocycles. The van der Waals surface area contributed by atoms with E-state index in [9.17, 15) is 4.79 Å². The largest absolute Gasteiger partial charge is 0.488 e. The highest BCUT2D eigenvalue weighted by atomic mass is 16.5. The van der Waals surface area contributed by atoms with Crippen LogP contribution in [0.1, 0.15) is 22.8 Å². The van der Waals surface area contributed by atoms with E-state index in [1.54, 1.807) is 23.1 Å². The third-order valence-corrected chi connectivity index (χ3v) is 3.67. The van der Waals surface area contributed by atoms with E-state index in [0.29, 0.717) is 24.5 Å². The molecule has 1 amide bonds. The summed E-state index contributed by atoms with van der Waals surface area (Å²) in [6.45, 7) is 2.89. The molecule has 6 heteroatoms. The van der Waals surface area contributed by atoms with Crippen LogP contribution in [0.2, 0.25) is 0 Å². The van der Waals surface area contributed by atoms with Crippen LogP contribution in [0.15, 0.2) is 67.3 Å². The fraction of sp³-hybridized carbons (Fsp3) is 0.211. The number of carbonyl (C=O) groups is 1. The summed E-state index contributed by atoms with van der Waals surface area (Å²) in [4.78, 5) is 16.5. The van der Waals surface area contributed by atoms with Gasteiger partial charge >= 0.3 is 0 Å². The highest BCUT2D eigenvalue weighted by molar-refractivity contribution is 5.97. The maximum absolute atomic E-state index is 12.6. The molecule has 2 aromatic carbocycles. The van der Waals surface area contributed by atoms with Crippen molar-refractivity contribution in [3.8, 4) is 5.75 Å².